The smallest absolute Gasteiger partial charge is 0.272 e. The lowest BCUT2D eigenvalue weighted by atomic mass is 10.2. The SMILES string of the molecule is COc1cc(/C=N\NC(=O)c2cc(Cl)ccc2Cl)cc2c1OCCO2. The van der Waals surface area contributed by atoms with Gasteiger partial charge in [-0.15, -0.1) is 0 Å². The second-order valence-corrected chi connectivity index (χ2v) is 5.91. The zero-order valence-corrected chi connectivity index (χ0v) is 14.7. The van der Waals surface area contributed by atoms with E-state index in [1.807, 2.05) is 0 Å². The van der Waals surface area contributed by atoms with Crippen molar-refractivity contribution < 1.29 is 19.0 Å². The molecule has 0 unspecified atom stereocenters. The molecule has 0 saturated heterocycles. The van der Waals surface area contributed by atoms with Gasteiger partial charge < -0.3 is 14.2 Å². The molecule has 8 heteroatoms. The van der Waals surface area contributed by atoms with Crippen LogP contribution in [0, 0.1) is 0 Å². The normalized spacial score (nSPS) is 12.9. The first kappa shape index (κ1) is 17.4. The highest BCUT2D eigenvalue weighted by Crippen LogP contribution is 2.39. The van der Waals surface area contributed by atoms with Crippen LogP contribution in [0.1, 0.15) is 15.9 Å². The molecule has 1 aliphatic rings. The molecule has 25 heavy (non-hydrogen) atoms. The van der Waals surface area contributed by atoms with Crippen molar-refractivity contribution in [3.63, 3.8) is 0 Å². The van der Waals surface area contributed by atoms with Gasteiger partial charge in [0.25, 0.3) is 5.91 Å². The Balaban J connectivity index is 1.76. The number of hydrazone groups is 1. The van der Waals surface area contributed by atoms with E-state index in [1.54, 1.807) is 24.3 Å². The van der Waals surface area contributed by atoms with E-state index < -0.39 is 5.91 Å². The quantitative estimate of drug-likeness (QED) is 0.650. The zero-order valence-electron chi connectivity index (χ0n) is 13.2. The summed E-state index contributed by atoms with van der Waals surface area (Å²) in [5.41, 5.74) is 3.33. The van der Waals surface area contributed by atoms with E-state index in [9.17, 15) is 4.79 Å². The van der Waals surface area contributed by atoms with Gasteiger partial charge in [-0.1, -0.05) is 23.2 Å². The minimum atomic E-state index is -0.465. The van der Waals surface area contributed by atoms with Crippen LogP contribution in [-0.2, 0) is 0 Å². The molecule has 0 atom stereocenters. The molecule has 0 fully saturated rings. The van der Waals surface area contributed by atoms with Gasteiger partial charge in [0.15, 0.2) is 11.5 Å². The number of carbonyl (C=O) groups excluding carboxylic acids is 1. The summed E-state index contributed by atoms with van der Waals surface area (Å²) >= 11 is 11.9. The maximum atomic E-state index is 12.1. The zero-order chi connectivity index (χ0) is 17.8. The molecule has 2 aromatic rings. The molecule has 1 amide bonds. The molecule has 1 heterocycles. The Kier molecular flexibility index (Phi) is 5.31. The fourth-order valence-corrected chi connectivity index (χ4v) is 2.64. The van der Waals surface area contributed by atoms with Gasteiger partial charge in [0.1, 0.15) is 13.2 Å². The number of methoxy groups -OCH3 is 1. The van der Waals surface area contributed by atoms with Crippen molar-refractivity contribution in [1.82, 2.24) is 5.43 Å². The van der Waals surface area contributed by atoms with Crippen molar-refractivity contribution in [3.05, 3.63) is 51.5 Å². The highest BCUT2D eigenvalue weighted by atomic mass is 35.5. The number of nitrogens with one attached hydrogen (secondary N) is 1. The lowest BCUT2D eigenvalue weighted by Crippen LogP contribution is -2.18. The van der Waals surface area contributed by atoms with Gasteiger partial charge in [0.05, 0.1) is 23.9 Å². The number of nitrogens with zero attached hydrogens (tertiary/aromatic N) is 1. The van der Waals surface area contributed by atoms with Crippen LogP contribution < -0.4 is 19.6 Å². The average Bonchev–Trinajstić information content (AvgIpc) is 2.62. The van der Waals surface area contributed by atoms with Crippen LogP contribution in [0.4, 0.5) is 0 Å². The van der Waals surface area contributed by atoms with Crippen LogP contribution in [0.15, 0.2) is 35.4 Å². The van der Waals surface area contributed by atoms with Crippen molar-refractivity contribution >= 4 is 35.3 Å². The third kappa shape index (κ3) is 3.97. The van der Waals surface area contributed by atoms with Crippen LogP contribution in [0.3, 0.4) is 0 Å². The molecule has 3 rings (SSSR count). The van der Waals surface area contributed by atoms with Gasteiger partial charge in [-0.25, -0.2) is 5.43 Å². The number of benzene rings is 2. The van der Waals surface area contributed by atoms with E-state index in [2.05, 4.69) is 10.5 Å². The third-order valence-corrected chi connectivity index (χ3v) is 3.97. The molecule has 0 aliphatic carbocycles. The number of halogens is 2. The van der Waals surface area contributed by atoms with E-state index in [0.717, 1.165) is 0 Å². The average molecular weight is 381 g/mol. The fraction of sp³-hybridized carbons (Fsp3) is 0.176. The molecular weight excluding hydrogens is 367 g/mol. The summed E-state index contributed by atoms with van der Waals surface area (Å²) in [5, 5.41) is 4.64. The molecular formula is C17H14Cl2N2O4. The number of rotatable bonds is 4. The summed E-state index contributed by atoms with van der Waals surface area (Å²) < 4.78 is 16.4. The van der Waals surface area contributed by atoms with Gasteiger partial charge in [-0.3, -0.25) is 4.79 Å². The lowest BCUT2D eigenvalue weighted by Gasteiger charge is -2.20. The molecule has 1 N–H and O–H groups in total. The largest absolute Gasteiger partial charge is 0.493 e. The monoisotopic (exact) mass is 380 g/mol. The molecule has 6 nitrogen and oxygen atoms in total. The first-order chi connectivity index (χ1) is 12.1. The van der Waals surface area contributed by atoms with E-state index in [4.69, 9.17) is 37.4 Å². The topological polar surface area (TPSA) is 69.2 Å². The van der Waals surface area contributed by atoms with Gasteiger partial charge in [0.2, 0.25) is 5.75 Å². The Morgan fingerprint density at radius 3 is 2.84 bits per heavy atom. The van der Waals surface area contributed by atoms with Crippen molar-refractivity contribution in [3.8, 4) is 17.2 Å². The van der Waals surface area contributed by atoms with Gasteiger partial charge in [-0.2, -0.15) is 5.10 Å². The van der Waals surface area contributed by atoms with Crippen LogP contribution in [-0.4, -0.2) is 32.4 Å². The molecule has 0 saturated carbocycles. The number of amides is 1. The second-order valence-electron chi connectivity index (χ2n) is 5.07. The highest BCUT2D eigenvalue weighted by Gasteiger charge is 2.18. The molecule has 0 radical (unpaired) electrons. The summed E-state index contributed by atoms with van der Waals surface area (Å²) in [4.78, 5) is 12.1. The number of fused-ring (bicyclic) bond motifs is 1. The Morgan fingerprint density at radius 2 is 2.04 bits per heavy atom. The van der Waals surface area contributed by atoms with Crippen LogP contribution >= 0.6 is 23.2 Å². The Bertz CT molecular complexity index is 822. The van der Waals surface area contributed by atoms with Crippen LogP contribution in [0.2, 0.25) is 10.0 Å². The Morgan fingerprint density at radius 1 is 1.24 bits per heavy atom. The maximum Gasteiger partial charge on any atom is 0.272 e. The molecule has 0 spiro atoms. The highest BCUT2D eigenvalue weighted by molar-refractivity contribution is 6.35. The first-order valence-corrected chi connectivity index (χ1v) is 8.10. The molecule has 0 bridgehead atoms. The van der Waals surface area contributed by atoms with Gasteiger partial charge in [-0.05, 0) is 30.3 Å². The van der Waals surface area contributed by atoms with Crippen LogP contribution in [0.25, 0.3) is 0 Å². The number of ether oxygens (including phenoxy) is 3. The van der Waals surface area contributed by atoms with Crippen molar-refractivity contribution in [2.75, 3.05) is 20.3 Å². The lowest BCUT2D eigenvalue weighted by molar-refractivity contribution is 0.0955. The Labute approximate surface area is 154 Å². The number of carbonyl (C=O) groups is 1. The molecule has 0 aromatic heterocycles. The first-order valence-electron chi connectivity index (χ1n) is 7.34. The minimum absolute atomic E-state index is 0.242. The third-order valence-electron chi connectivity index (χ3n) is 3.40. The molecule has 2 aromatic carbocycles. The van der Waals surface area contributed by atoms with Crippen molar-refractivity contribution in [2.45, 2.75) is 0 Å². The predicted octanol–water partition coefficient (Wildman–Crippen LogP) is 3.54. The summed E-state index contributed by atoms with van der Waals surface area (Å²) in [6.45, 7) is 0.925. The summed E-state index contributed by atoms with van der Waals surface area (Å²) in [6.07, 6.45) is 1.47. The second kappa shape index (κ2) is 7.63. The minimum Gasteiger partial charge on any atom is -0.493 e. The summed E-state index contributed by atoms with van der Waals surface area (Å²) in [5.74, 6) is 1.19. The van der Waals surface area contributed by atoms with E-state index in [0.29, 0.717) is 41.0 Å². The van der Waals surface area contributed by atoms with Crippen molar-refractivity contribution in [2.24, 2.45) is 5.10 Å². The predicted molar refractivity (Wildman–Crippen MR) is 95.5 cm³/mol. The number of hydrogen-bond donors (Lipinski definition) is 1. The van der Waals surface area contributed by atoms with E-state index in [1.165, 1.54) is 19.4 Å². The standard InChI is InChI=1S/C17H14Cl2N2O4/c1-23-14-6-10(7-15-16(14)25-5-4-24-15)9-20-21-17(22)12-8-11(18)2-3-13(12)19/h2-3,6-9H,4-5H2,1H3,(H,21,22)/b20-9-. The fourth-order valence-electron chi connectivity index (χ4n) is 2.27. The maximum absolute atomic E-state index is 12.1. The molecule has 130 valence electrons. The molecule has 1 aliphatic heterocycles. The Hall–Kier alpha value is -2.44. The number of hydrogen-bond acceptors (Lipinski definition) is 5. The van der Waals surface area contributed by atoms with Gasteiger partial charge in [0, 0.05) is 10.6 Å². The van der Waals surface area contributed by atoms with E-state index >= 15 is 0 Å². The van der Waals surface area contributed by atoms with Crippen molar-refractivity contribution in [1.29, 1.82) is 0 Å². The van der Waals surface area contributed by atoms with E-state index in [-0.39, 0.29) is 10.6 Å². The summed E-state index contributed by atoms with van der Waals surface area (Å²) in [6, 6.07) is 8.11. The van der Waals surface area contributed by atoms with Gasteiger partial charge >= 0.3 is 0 Å². The van der Waals surface area contributed by atoms with Crippen LogP contribution in [0.5, 0.6) is 17.2 Å². The summed E-state index contributed by atoms with van der Waals surface area (Å²) in [7, 11) is 1.54.